The highest BCUT2D eigenvalue weighted by molar-refractivity contribution is 6.31. The summed E-state index contributed by atoms with van der Waals surface area (Å²) < 4.78 is 11.3. The van der Waals surface area contributed by atoms with Crippen LogP contribution in [-0.2, 0) is 0 Å². The Labute approximate surface area is 153 Å². The Morgan fingerprint density at radius 2 is 2.04 bits per heavy atom. The Kier molecular flexibility index (Phi) is 4.01. The minimum absolute atomic E-state index is 0.144. The Morgan fingerprint density at radius 1 is 1.19 bits per heavy atom. The van der Waals surface area contributed by atoms with Gasteiger partial charge >= 0.3 is 5.97 Å². The van der Waals surface area contributed by atoms with E-state index in [4.69, 9.17) is 20.8 Å². The van der Waals surface area contributed by atoms with Gasteiger partial charge in [-0.15, -0.1) is 0 Å². The summed E-state index contributed by atoms with van der Waals surface area (Å²) in [4.78, 5) is 16.3. The molecule has 0 atom stereocenters. The van der Waals surface area contributed by atoms with Crippen molar-refractivity contribution in [1.29, 1.82) is 0 Å². The Morgan fingerprint density at radius 3 is 2.81 bits per heavy atom. The lowest BCUT2D eigenvalue weighted by molar-refractivity contribution is 0.0699. The van der Waals surface area contributed by atoms with E-state index in [0.29, 0.717) is 45.3 Å². The van der Waals surface area contributed by atoms with Crippen molar-refractivity contribution in [3.05, 3.63) is 59.1 Å². The number of benzene rings is 2. The van der Waals surface area contributed by atoms with Crippen LogP contribution in [0.5, 0.6) is 5.75 Å². The summed E-state index contributed by atoms with van der Waals surface area (Å²) in [5.74, 6) is 0.0578. The molecule has 0 bridgehead atoms. The minimum Gasteiger partial charge on any atom is -0.494 e. The van der Waals surface area contributed by atoms with Crippen molar-refractivity contribution >= 4 is 39.4 Å². The first-order valence-corrected chi connectivity index (χ1v) is 8.43. The van der Waals surface area contributed by atoms with Gasteiger partial charge in [0.25, 0.3) is 0 Å². The average Bonchev–Trinajstić information content (AvgIpc) is 3.04. The molecule has 0 unspecified atom stereocenters. The number of ether oxygens (including phenoxy) is 1. The number of hydrogen-bond donors (Lipinski definition) is 1. The van der Waals surface area contributed by atoms with Crippen LogP contribution < -0.4 is 4.74 Å². The fourth-order valence-corrected chi connectivity index (χ4v) is 3.09. The van der Waals surface area contributed by atoms with E-state index < -0.39 is 5.97 Å². The van der Waals surface area contributed by atoms with Crippen LogP contribution in [0.15, 0.2) is 52.9 Å². The summed E-state index contributed by atoms with van der Waals surface area (Å²) in [6.45, 7) is 2.37. The summed E-state index contributed by atoms with van der Waals surface area (Å²) >= 11 is 6.01. The van der Waals surface area contributed by atoms with Crippen molar-refractivity contribution in [2.45, 2.75) is 6.92 Å². The Bertz CT molecular complexity index is 1150. The third-order valence-electron chi connectivity index (χ3n) is 4.05. The summed E-state index contributed by atoms with van der Waals surface area (Å²) in [5.41, 5.74) is 1.81. The number of aromatic nitrogens is 1. The number of carbonyl (C=O) groups is 1. The van der Waals surface area contributed by atoms with Gasteiger partial charge in [0.05, 0.1) is 17.7 Å². The van der Waals surface area contributed by atoms with Crippen molar-refractivity contribution in [2.24, 2.45) is 0 Å². The lowest BCUT2D eigenvalue weighted by atomic mass is 10.1. The molecule has 0 aliphatic heterocycles. The highest BCUT2D eigenvalue weighted by atomic mass is 35.5. The molecule has 2 heterocycles. The second kappa shape index (κ2) is 6.35. The Balaban J connectivity index is 1.91. The lowest BCUT2D eigenvalue weighted by Crippen LogP contribution is -2.01. The molecule has 4 aromatic rings. The highest BCUT2D eigenvalue weighted by Gasteiger charge is 2.16. The maximum atomic E-state index is 11.8. The van der Waals surface area contributed by atoms with Gasteiger partial charge in [0, 0.05) is 15.8 Å². The molecule has 130 valence electrons. The SMILES string of the molecule is CCOc1ccc2nc(-c3cc4cc(Cl)ccc4o3)cc(C(=O)O)c2c1. The van der Waals surface area contributed by atoms with E-state index in [9.17, 15) is 9.90 Å². The van der Waals surface area contributed by atoms with Crippen molar-refractivity contribution in [3.63, 3.8) is 0 Å². The molecule has 0 saturated heterocycles. The van der Waals surface area contributed by atoms with Crippen LogP contribution in [0.1, 0.15) is 17.3 Å². The minimum atomic E-state index is -1.04. The van der Waals surface area contributed by atoms with E-state index in [-0.39, 0.29) is 5.56 Å². The molecule has 2 aromatic carbocycles. The smallest absolute Gasteiger partial charge is 0.336 e. The second-order valence-corrected chi connectivity index (χ2v) is 6.20. The van der Waals surface area contributed by atoms with E-state index in [1.165, 1.54) is 6.07 Å². The largest absolute Gasteiger partial charge is 0.494 e. The zero-order valence-electron chi connectivity index (χ0n) is 13.8. The third-order valence-corrected chi connectivity index (χ3v) is 4.29. The molecule has 26 heavy (non-hydrogen) atoms. The number of fused-ring (bicyclic) bond motifs is 2. The van der Waals surface area contributed by atoms with Crippen LogP contribution >= 0.6 is 11.6 Å². The van der Waals surface area contributed by atoms with Gasteiger partial charge in [0.15, 0.2) is 5.76 Å². The van der Waals surface area contributed by atoms with Gasteiger partial charge in [-0.2, -0.15) is 0 Å². The summed E-state index contributed by atoms with van der Waals surface area (Å²) in [6, 6.07) is 13.8. The van der Waals surface area contributed by atoms with E-state index >= 15 is 0 Å². The van der Waals surface area contributed by atoms with Crippen LogP contribution in [0.3, 0.4) is 0 Å². The van der Waals surface area contributed by atoms with E-state index in [2.05, 4.69) is 4.98 Å². The van der Waals surface area contributed by atoms with Gasteiger partial charge in [-0.25, -0.2) is 9.78 Å². The number of pyridine rings is 1. The van der Waals surface area contributed by atoms with Crippen LogP contribution in [0, 0.1) is 0 Å². The van der Waals surface area contributed by atoms with Gasteiger partial charge in [0.1, 0.15) is 17.0 Å². The highest BCUT2D eigenvalue weighted by Crippen LogP contribution is 2.32. The normalized spacial score (nSPS) is 11.2. The summed E-state index contributed by atoms with van der Waals surface area (Å²) in [6.07, 6.45) is 0. The Hall–Kier alpha value is -3.05. The lowest BCUT2D eigenvalue weighted by Gasteiger charge is -2.08. The predicted molar refractivity (Wildman–Crippen MR) is 100 cm³/mol. The molecule has 0 aliphatic rings. The zero-order valence-corrected chi connectivity index (χ0v) is 14.6. The van der Waals surface area contributed by atoms with E-state index in [1.807, 2.05) is 6.92 Å². The molecule has 1 N–H and O–H groups in total. The molecule has 2 aromatic heterocycles. The third kappa shape index (κ3) is 2.86. The van der Waals surface area contributed by atoms with Crippen LogP contribution in [0.2, 0.25) is 5.02 Å². The molecule has 6 heteroatoms. The molecule has 0 saturated carbocycles. The van der Waals surface area contributed by atoms with Gasteiger partial charge in [0.2, 0.25) is 0 Å². The van der Waals surface area contributed by atoms with Gasteiger partial charge < -0.3 is 14.3 Å². The number of rotatable bonds is 4. The molecule has 0 aliphatic carbocycles. The first-order valence-electron chi connectivity index (χ1n) is 8.05. The van der Waals surface area contributed by atoms with Crippen molar-refractivity contribution in [2.75, 3.05) is 6.61 Å². The quantitative estimate of drug-likeness (QED) is 0.523. The summed E-state index contributed by atoms with van der Waals surface area (Å²) in [7, 11) is 0. The molecular weight excluding hydrogens is 354 g/mol. The van der Waals surface area contributed by atoms with Gasteiger partial charge in [-0.1, -0.05) is 11.6 Å². The molecular formula is C20H14ClNO4. The predicted octanol–water partition coefficient (Wildman–Crippen LogP) is 5.40. The number of furan rings is 1. The maximum absolute atomic E-state index is 11.8. The van der Waals surface area contributed by atoms with Crippen molar-refractivity contribution < 1.29 is 19.1 Å². The molecule has 5 nitrogen and oxygen atoms in total. The van der Waals surface area contributed by atoms with Crippen molar-refractivity contribution in [1.82, 2.24) is 4.98 Å². The van der Waals surface area contributed by atoms with Crippen LogP contribution in [0.4, 0.5) is 0 Å². The van der Waals surface area contributed by atoms with Gasteiger partial charge in [-0.05, 0) is 55.5 Å². The fourth-order valence-electron chi connectivity index (χ4n) is 2.90. The monoisotopic (exact) mass is 367 g/mol. The topological polar surface area (TPSA) is 72.6 Å². The molecule has 0 fully saturated rings. The maximum Gasteiger partial charge on any atom is 0.336 e. The number of hydrogen-bond acceptors (Lipinski definition) is 4. The second-order valence-electron chi connectivity index (χ2n) is 5.76. The number of carboxylic acid groups (broad SMARTS) is 1. The fraction of sp³-hybridized carbons (Fsp3) is 0.100. The van der Waals surface area contributed by atoms with E-state index in [0.717, 1.165) is 5.39 Å². The molecule has 0 radical (unpaired) electrons. The first kappa shape index (κ1) is 16.4. The first-order chi connectivity index (χ1) is 12.5. The number of halogens is 1. The molecule has 4 rings (SSSR count). The number of carboxylic acids is 1. The summed E-state index contributed by atoms with van der Waals surface area (Å²) in [5, 5.41) is 11.6. The average molecular weight is 368 g/mol. The molecule has 0 amide bonds. The number of aromatic carboxylic acids is 1. The van der Waals surface area contributed by atoms with Crippen LogP contribution in [-0.4, -0.2) is 22.7 Å². The van der Waals surface area contributed by atoms with E-state index in [1.54, 1.807) is 42.5 Å². The van der Waals surface area contributed by atoms with Gasteiger partial charge in [-0.3, -0.25) is 0 Å². The zero-order chi connectivity index (χ0) is 18.3. The number of nitrogens with zero attached hydrogens (tertiary/aromatic N) is 1. The van der Waals surface area contributed by atoms with Crippen molar-refractivity contribution in [3.8, 4) is 17.2 Å². The van der Waals surface area contributed by atoms with Crippen LogP contribution in [0.25, 0.3) is 33.3 Å². The standard InChI is InChI=1S/C20H14ClNO4/c1-2-25-13-4-5-16-14(9-13)15(20(23)24)10-17(22-16)19-8-11-7-12(21)3-6-18(11)26-19/h3-10H,2H2,1H3,(H,23,24). The molecule has 0 spiro atoms.